The first kappa shape index (κ1) is 78.2. The number of hydrogen-bond donors (Lipinski definition) is 3. The van der Waals surface area contributed by atoms with Crippen LogP contribution in [0.5, 0.6) is 0 Å². The second-order valence-corrected chi connectivity index (χ2v) is 34.4. The molecule has 17 rings (SSSR count). The van der Waals surface area contributed by atoms with Crippen molar-refractivity contribution in [3.63, 3.8) is 0 Å². The summed E-state index contributed by atoms with van der Waals surface area (Å²) in [4.78, 5) is 67.7. The van der Waals surface area contributed by atoms with Crippen LogP contribution in [-0.2, 0) is 38.1 Å². The van der Waals surface area contributed by atoms with Crippen LogP contribution in [-0.4, -0.2) is 80.9 Å². The van der Waals surface area contributed by atoms with Crippen molar-refractivity contribution in [2.75, 3.05) is 0 Å². The predicted octanol–water partition coefficient (Wildman–Crippen LogP) is 20.2. The zero-order valence-electron chi connectivity index (χ0n) is 64.7. The maximum absolute atomic E-state index is 15.1. The number of nitrogens with zero attached hydrogens (tertiary/aromatic N) is 6. The third kappa shape index (κ3) is 15.3. The van der Waals surface area contributed by atoms with E-state index in [4.69, 9.17) is 19.9 Å². The van der Waals surface area contributed by atoms with Gasteiger partial charge in [-0.15, -0.1) is 26.3 Å². The SMILES string of the molecule is C=CC[C@H]1C(=O)CC[C@@]2(C)c3nc(-c4ccnc(C5CC5)c4)nc(-c4ccccc4F)c3CC[C@H]12.C=CC[C@H]1[C@H](O)CC[C@@]2(C)C(=O)/C(=C/c3ccccc3F)CC[C@H]12.C=CC[C@H]1[C@H](O)CC[C@@]2(C)C(=O)CCC[C@H]12.C=CC[C@H]1[C@H](O)CC[C@@]2(C)c3nc(-c4ccnc(C5CC5)c4)nc(-c4ccccc4F)c3CC[C@H]12. The first-order chi connectivity index (χ1) is 53.0. The van der Waals surface area contributed by atoms with Crippen molar-refractivity contribution in [1.82, 2.24) is 29.9 Å². The molecular formula is C95H109F3N6O6. The Morgan fingerprint density at radius 2 is 0.891 bits per heavy atom. The van der Waals surface area contributed by atoms with Gasteiger partial charge in [-0.25, -0.2) is 33.1 Å². The summed E-state index contributed by atoms with van der Waals surface area (Å²) in [5, 5.41) is 31.3. The molecular weight excluding hydrogens is 1380 g/mol. The van der Waals surface area contributed by atoms with Crippen molar-refractivity contribution >= 4 is 23.4 Å². The molecule has 8 saturated carbocycles. The molecule has 0 bridgehead atoms. The molecule has 15 atom stereocenters. The summed E-state index contributed by atoms with van der Waals surface area (Å²) in [6.45, 7) is 24.1. The van der Waals surface area contributed by atoms with Gasteiger partial charge in [-0.05, 0) is 255 Å². The van der Waals surface area contributed by atoms with Gasteiger partial charge in [0.1, 0.15) is 29.0 Å². The number of allylic oxidation sites excluding steroid dienone is 5. The average Bonchev–Trinajstić information content (AvgIpc) is 1.42. The second-order valence-electron chi connectivity index (χ2n) is 34.4. The largest absolute Gasteiger partial charge is 0.393 e. The molecule has 8 fully saturated rings. The zero-order chi connectivity index (χ0) is 77.4. The van der Waals surface area contributed by atoms with Gasteiger partial charge in [0.2, 0.25) is 0 Å². The monoisotopic (exact) mass is 1490 g/mol. The Hall–Kier alpha value is -8.50. The summed E-state index contributed by atoms with van der Waals surface area (Å²) in [5.41, 5.74) is 10.7. The highest BCUT2D eigenvalue weighted by atomic mass is 19.1. The fraction of sp³-hybridized carbons (Fsp3) is 0.484. The van der Waals surface area contributed by atoms with Crippen molar-refractivity contribution in [3.8, 4) is 45.3 Å². The molecule has 0 spiro atoms. The summed E-state index contributed by atoms with van der Waals surface area (Å²) in [7, 11) is 0. The molecule has 4 heterocycles. The lowest BCUT2D eigenvalue weighted by Gasteiger charge is -2.51. The van der Waals surface area contributed by atoms with E-state index in [1.54, 1.807) is 36.4 Å². The molecule has 110 heavy (non-hydrogen) atoms. The van der Waals surface area contributed by atoms with Crippen molar-refractivity contribution in [2.45, 2.75) is 229 Å². The molecule has 4 aromatic heterocycles. The van der Waals surface area contributed by atoms with Gasteiger partial charge < -0.3 is 15.3 Å². The summed E-state index contributed by atoms with van der Waals surface area (Å²) in [5.74, 6) is 3.87. The molecule has 3 N–H and O–H groups in total. The minimum atomic E-state index is -0.456. The molecule has 10 aliphatic rings. The molecule has 7 aromatic rings. The Morgan fingerprint density at radius 3 is 1.38 bits per heavy atom. The van der Waals surface area contributed by atoms with Crippen LogP contribution in [0.2, 0.25) is 0 Å². The normalized spacial score (nSPS) is 30.9. The van der Waals surface area contributed by atoms with Gasteiger partial charge in [0, 0.05) is 115 Å². The van der Waals surface area contributed by atoms with Gasteiger partial charge in [0.05, 0.1) is 41.1 Å². The molecule has 10 aliphatic carbocycles. The molecule has 0 amide bonds. The van der Waals surface area contributed by atoms with Gasteiger partial charge in [-0.2, -0.15) is 0 Å². The molecule has 576 valence electrons. The Morgan fingerprint density at radius 1 is 0.455 bits per heavy atom. The van der Waals surface area contributed by atoms with Crippen LogP contribution in [0, 0.1) is 75.6 Å². The number of ketones is 3. The average molecular weight is 1490 g/mol. The molecule has 15 heteroatoms. The van der Waals surface area contributed by atoms with Crippen LogP contribution < -0.4 is 0 Å². The maximum Gasteiger partial charge on any atom is 0.165 e. The van der Waals surface area contributed by atoms with Crippen LogP contribution in [0.3, 0.4) is 0 Å². The van der Waals surface area contributed by atoms with Crippen molar-refractivity contribution < 1.29 is 42.9 Å². The maximum atomic E-state index is 15.1. The van der Waals surface area contributed by atoms with Crippen LogP contribution in [0.1, 0.15) is 227 Å². The van der Waals surface area contributed by atoms with Gasteiger partial charge >= 0.3 is 0 Å². The van der Waals surface area contributed by atoms with Crippen LogP contribution >= 0.6 is 0 Å². The number of halogens is 3. The molecule has 3 aromatic carbocycles. The lowest BCUT2D eigenvalue weighted by molar-refractivity contribution is -0.144. The minimum Gasteiger partial charge on any atom is -0.393 e. The van der Waals surface area contributed by atoms with Crippen molar-refractivity contribution in [1.29, 1.82) is 0 Å². The van der Waals surface area contributed by atoms with Gasteiger partial charge in [0.15, 0.2) is 17.4 Å². The van der Waals surface area contributed by atoms with Gasteiger partial charge in [-0.1, -0.05) is 94.5 Å². The number of fused-ring (bicyclic) bond motifs is 8. The summed E-state index contributed by atoms with van der Waals surface area (Å²) in [6, 6.07) is 28.5. The fourth-order valence-electron chi connectivity index (χ4n) is 21.4. The quantitative estimate of drug-likeness (QED) is 0.0652. The molecule has 0 aliphatic heterocycles. The number of benzene rings is 3. The van der Waals surface area contributed by atoms with E-state index in [9.17, 15) is 34.1 Å². The summed E-state index contributed by atoms with van der Waals surface area (Å²) in [6.07, 6.45) is 33.3. The Labute approximate surface area is 647 Å². The van der Waals surface area contributed by atoms with E-state index in [0.29, 0.717) is 113 Å². The third-order valence-corrected chi connectivity index (χ3v) is 27.9. The standard InChI is InChI=1S/C30H32FN3O.C30H30FN3O.C21H25FO2.C14H22O2/c2*1-3-6-20-23-12-11-22-27(21-7-4-5-8-24(21)31)33-29(19-14-16-32-25(17-19)18-9-10-18)34-28(22)30(23,2)15-13-26(20)35;1-3-6-16-17-10-9-15(13-14-7-4-5-8-18(14)22)20(24)21(17,2)12-11-19(16)23;1-3-5-10-11-6-4-7-13(16)14(11,2)9-8-12(10)15/h3-5,7-8,14,16-18,20,23,26,35H,1,6,9-13,15H2,2H3;3-5,7-8,14,16-18,20,23H,1,6,9-13,15H2,2H3;3-5,7-8,13,16-17,19,23H,1,6,9-12H2,2H3;3,10-12,15H,1,4-9H2,2H3/b;;15-13+;/t20-,23-,26-,30-;20-,23-,30-;16-,17-,19-,21-;10-,11-,12-,14-/m1111/s1. The Balaban J connectivity index is 0.000000127. The van der Waals surface area contributed by atoms with Crippen molar-refractivity contribution in [3.05, 3.63) is 223 Å². The topological polar surface area (TPSA) is 189 Å². The Kier molecular flexibility index (Phi) is 23.2. The number of hydrogen-bond acceptors (Lipinski definition) is 12. The molecule has 0 radical (unpaired) electrons. The highest BCUT2D eigenvalue weighted by Crippen LogP contribution is 2.58. The number of aliphatic hydroxyl groups is 3. The zero-order valence-corrected chi connectivity index (χ0v) is 64.7. The first-order valence-electron chi connectivity index (χ1n) is 40.8. The van der Waals surface area contributed by atoms with Gasteiger partial charge in [-0.3, -0.25) is 24.4 Å². The number of aliphatic hydroxyl groups excluding tert-OH is 3. The number of rotatable bonds is 15. The van der Waals surface area contributed by atoms with Crippen LogP contribution in [0.25, 0.3) is 51.4 Å². The predicted molar refractivity (Wildman–Crippen MR) is 427 cm³/mol. The smallest absolute Gasteiger partial charge is 0.165 e. The highest BCUT2D eigenvalue weighted by Gasteiger charge is 2.56. The van der Waals surface area contributed by atoms with Crippen molar-refractivity contribution in [2.24, 2.45) is 58.2 Å². The fourth-order valence-corrected chi connectivity index (χ4v) is 21.4. The first-order valence-corrected chi connectivity index (χ1v) is 40.8. The summed E-state index contributed by atoms with van der Waals surface area (Å²) >= 11 is 0. The lowest BCUT2D eigenvalue weighted by atomic mass is 9.54. The molecule has 0 unspecified atom stereocenters. The number of carbonyl (C=O) groups is 3. The number of carbonyl (C=O) groups excluding carboxylic acids is 3. The van der Waals surface area contributed by atoms with E-state index in [0.717, 1.165) is 148 Å². The Bertz CT molecular complexity index is 4680. The van der Waals surface area contributed by atoms with Crippen LogP contribution in [0.15, 0.2) is 166 Å². The van der Waals surface area contributed by atoms with E-state index in [2.05, 4.69) is 69.2 Å². The van der Waals surface area contributed by atoms with E-state index in [1.165, 1.54) is 43.9 Å². The van der Waals surface area contributed by atoms with E-state index >= 15 is 8.78 Å². The highest BCUT2D eigenvalue weighted by molar-refractivity contribution is 6.04. The molecule has 0 saturated heterocycles. The summed E-state index contributed by atoms with van der Waals surface area (Å²) < 4.78 is 44.1. The second kappa shape index (κ2) is 32.7. The van der Waals surface area contributed by atoms with E-state index in [-0.39, 0.29) is 93.3 Å². The number of Topliss-reactive ketones (excluding diaryl/α,β-unsaturated/α-hetero) is 3. The van der Waals surface area contributed by atoms with E-state index < -0.39 is 5.41 Å². The molecule has 12 nitrogen and oxygen atoms in total. The van der Waals surface area contributed by atoms with Crippen LogP contribution in [0.4, 0.5) is 13.2 Å². The third-order valence-electron chi connectivity index (χ3n) is 27.9. The van der Waals surface area contributed by atoms with E-state index in [1.807, 2.05) is 80.0 Å². The number of pyridine rings is 2. The lowest BCUT2D eigenvalue weighted by Crippen LogP contribution is -2.50. The number of aromatic nitrogens is 6. The minimum absolute atomic E-state index is 0.0304. The van der Waals surface area contributed by atoms with Gasteiger partial charge in [0.25, 0.3) is 0 Å².